The fraction of sp³-hybridized carbons (Fsp3) is 0.353. The maximum atomic E-state index is 13.4. The largest absolute Gasteiger partial charge is 0.364 e. The second-order valence-corrected chi connectivity index (χ2v) is 5.88. The van der Waals surface area contributed by atoms with E-state index in [1.807, 2.05) is 4.90 Å². The Hall–Kier alpha value is -2.74. The van der Waals surface area contributed by atoms with Crippen LogP contribution in [0.3, 0.4) is 0 Å². The number of carbonyl (C=O) groups excluding carboxylic acids is 2. The highest BCUT2D eigenvalue weighted by Crippen LogP contribution is 2.15. The molecule has 0 spiro atoms. The van der Waals surface area contributed by atoms with Gasteiger partial charge in [0.25, 0.3) is 0 Å². The van der Waals surface area contributed by atoms with Gasteiger partial charge in [-0.25, -0.2) is 4.39 Å². The summed E-state index contributed by atoms with van der Waals surface area (Å²) >= 11 is 0. The van der Waals surface area contributed by atoms with E-state index in [0.29, 0.717) is 25.3 Å². The molecule has 2 aromatic rings. The monoisotopic (exact) mass is 346 g/mol. The second kappa shape index (κ2) is 7.89. The van der Waals surface area contributed by atoms with Crippen LogP contribution in [0.1, 0.15) is 17.7 Å². The van der Waals surface area contributed by atoms with Gasteiger partial charge in [0.05, 0.1) is 19.0 Å². The molecule has 2 N–H and O–H groups in total. The average molecular weight is 346 g/mol. The second-order valence-electron chi connectivity index (χ2n) is 5.88. The highest BCUT2D eigenvalue weighted by molar-refractivity contribution is 5.88. The third-order valence-corrected chi connectivity index (χ3v) is 4.05. The van der Waals surface area contributed by atoms with E-state index >= 15 is 0 Å². The van der Waals surface area contributed by atoms with Crippen LogP contribution in [0.15, 0.2) is 41.1 Å². The molecule has 1 atom stereocenters. The molecule has 1 saturated heterocycles. The molecule has 1 fully saturated rings. The number of aromatic nitrogens is 1. The van der Waals surface area contributed by atoms with Crippen LogP contribution in [0, 0.1) is 5.82 Å². The summed E-state index contributed by atoms with van der Waals surface area (Å²) in [6, 6.07) is 7.32. The summed E-state index contributed by atoms with van der Waals surface area (Å²) in [6.07, 6.45) is 1.45. The number of carbonyl (C=O) groups is 2. The van der Waals surface area contributed by atoms with Crippen molar-refractivity contribution in [2.75, 3.05) is 13.1 Å². The standard InChI is InChI=1S/C17H19FN4O3/c18-13-3-1-2-12(8-13)11-22-6-5-19-17(24)15(22)9-16(23)20-10-14-4-7-25-21-14/h1-4,7-8,15H,5-6,9-11H2,(H,19,24)(H,20,23). The average Bonchev–Trinajstić information content (AvgIpc) is 3.10. The smallest absolute Gasteiger partial charge is 0.237 e. The van der Waals surface area contributed by atoms with Crippen molar-refractivity contribution < 1.29 is 18.5 Å². The van der Waals surface area contributed by atoms with Gasteiger partial charge in [-0.15, -0.1) is 0 Å². The van der Waals surface area contributed by atoms with E-state index in [-0.39, 0.29) is 30.6 Å². The van der Waals surface area contributed by atoms with Gasteiger partial charge < -0.3 is 15.2 Å². The zero-order valence-corrected chi connectivity index (χ0v) is 13.6. The molecule has 2 amide bonds. The minimum Gasteiger partial charge on any atom is -0.364 e. The lowest BCUT2D eigenvalue weighted by molar-refractivity contribution is -0.134. The highest BCUT2D eigenvalue weighted by Gasteiger charge is 2.31. The lowest BCUT2D eigenvalue weighted by atomic mass is 10.1. The first kappa shape index (κ1) is 17.1. The Kier molecular flexibility index (Phi) is 5.39. The molecule has 1 aromatic heterocycles. The van der Waals surface area contributed by atoms with Gasteiger partial charge in [0.1, 0.15) is 17.8 Å². The minimum atomic E-state index is -0.589. The highest BCUT2D eigenvalue weighted by atomic mass is 19.1. The molecule has 0 saturated carbocycles. The Bertz CT molecular complexity index is 735. The summed E-state index contributed by atoms with van der Waals surface area (Å²) in [7, 11) is 0. The van der Waals surface area contributed by atoms with Crippen molar-refractivity contribution in [1.29, 1.82) is 0 Å². The van der Waals surface area contributed by atoms with Gasteiger partial charge in [0, 0.05) is 25.7 Å². The van der Waals surface area contributed by atoms with E-state index in [1.54, 1.807) is 18.2 Å². The lowest BCUT2D eigenvalue weighted by Crippen LogP contribution is -2.56. The van der Waals surface area contributed by atoms with Crippen molar-refractivity contribution in [3.63, 3.8) is 0 Å². The topological polar surface area (TPSA) is 87.5 Å². The van der Waals surface area contributed by atoms with E-state index in [1.165, 1.54) is 18.4 Å². The van der Waals surface area contributed by atoms with Gasteiger partial charge in [0.2, 0.25) is 11.8 Å². The fourth-order valence-corrected chi connectivity index (χ4v) is 2.81. The summed E-state index contributed by atoms with van der Waals surface area (Å²) < 4.78 is 18.1. The van der Waals surface area contributed by atoms with Crippen LogP contribution >= 0.6 is 0 Å². The zero-order chi connectivity index (χ0) is 17.6. The molecule has 3 rings (SSSR count). The molecule has 1 aromatic carbocycles. The molecular weight excluding hydrogens is 327 g/mol. The number of nitrogens with zero attached hydrogens (tertiary/aromatic N) is 2. The molecule has 2 heterocycles. The third kappa shape index (κ3) is 4.63. The Labute approximate surface area is 144 Å². The maximum Gasteiger partial charge on any atom is 0.237 e. The van der Waals surface area contributed by atoms with Gasteiger partial charge in [-0.2, -0.15) is 0 Å². The summed E-state index contributed by atoms with van der Waals surface area (Å²) in [5.74, 6) is -0.769. The number of piperazine rings is 1. The first-order valence-electron chi connectivity index (χ1n) is 8.04. The van der Waals surface area contributed by atoms with Crippen LogP contribution < -0.4 is 10.6 Å². The first-order chi connectivity index (χ1) is 12.1. The number of hydrogen-bond donors (Lipinski definition) is 2. The molecule has 7 nitrogen and oxygen atoms in total. The number of halogens is 1. The summed E-state index contributed by atoms with van der Waals surface area (Å²) in [6.45, 7) is 1.76. The Morgan fingerprint density at radius 1 is 1.44 bits per heavy atom. The third-order valence-electron chi connectivity index (χ3n) is 4.05. The predicted molar refractivity (Wildman–Crippen MR) is 86.6 cm³/mol. The summed E-state index contributed by atoms with van der Waals surface area (Å²) in [5, 5.41) is 9.20. The van der Waals surface area contributed by atoms with E-state index in [4.69, 9.17) is 4.52 Å². The van der Waals surface area contributed by atoms with Crippen LogP contribution in [0.25, 0.3) is 0 Å². The predicted octanol–water partition coefficient (Wildman–Crippen LogP) is 0.821. The summed E-state index contributed by atoms with van der Waals surface area (Å²) in [4.78, 5) is 26.3. The van der Waals surface area contributed by atoms with E-state index < -0.39 is 6.04 Å². The zero-order valence-electron chi connectivity index (χ0n) is 13.6. The Morgan fingerprint density at radius 2 is 2.32 bits per heavy atom. The van der Waals surface area contributed by atoms with Crippen molar-refractivity contribution in [3.05, 3.63) is 53.7 Å². The summed E-state index contributed by atoms with van der Waals surface area (Å²) in [5.41, 5.74) is 1.38. The van der Waals surface area contributed by atoms with Gasteiger partial charge in [-0.1, -0.05) is 17.3 Å². The van der Waals surface area contributed by atoms with Crippen molar-refractivity contribution in [1.82, 2.24) is 20.7 Å². The van der Waals surface area contributed by atoms with Crippen LogP contribution in [0.5, 0.6) is 0 Å². The number of rotatable bonds is 6. The quantitative estimate of drug-likeness (QED) is 0.809. The number of hydrogen-bond acceptors (Lipinski definition) is 5. The van der Waals surface area contributed by atoms with Crippen molar-refractivity contribution in [3.8, 4) is 0 Å². The Balaban J connectivity index is 1.61. The van der Waals surface area contributed by atoms with Gasteiger partial charge in [0.15, 0.2) is 0 Å². The molecule has 25 heavy (non-hydrogen) atoms. The molecule has 0 aliphatic carbocycles. The van der Waals surface area contributed by atoms with E-state index in [2.05, 4.69) is 15.8 Å². The number of benzene rings is 1. The lowest BCUT2D eigenvalue weighted by Gasteiger charge is -2.34. The van der Waals surface area contributed by atoms with E-state index in [9.17, 15) is 14.0 Å². The maximum absolute atomic E-state index is 13.4. The number of amides is 2. The molecule has 1 aliphatic rings. The normalized spacial score (nSPS) is 18.0. The molecule has 1 unspecified atom stereocenters. The molecule has 132 valence electrons. The van der Waals surface area contributed by atoms with Gasteiger partial charge in [-0.05, 0) is 17.7 Å². The van der Waals surface area contributed by atoms with Crippen LogP contribution in [0.2, 0.25) is 0 Å². The SMILES string of the molecule is O=C(CC1C(=O)NCCN1Cc1cccc(F)c1)NCc1ccon1. The minimum absolute atomic E-state index is 0.0268. The van der Waals surface area contributed by atoms with Crippen molar-refractivity contribution >= 4 is 11.8 Å². The molecular formula is C17H19FN4O3. The fourth-order valence-electron chi connectivity index (χ4n) is 2.81. The molecule has 1 aliphatic heterocycles. The van der Waals surface area contributed by atoms with Gasteiger partial charge in [-0.3, -0.25) is 14.5 Å². The van der Waals surface area contributed by atoms with Crippen LogP contribution in [0.4, 0.5) is 4.39 Å². The molecule has 0 radical (unpaired) electrons. The van der Waals surface area contributed by atoms with E-state index in [0.717, 1.165) is 5.56 Å². The van der Waals surface area contributed by atoms with Crippen LogP contribution in [-0.4, -0.2) is 41.0 Å². The van der Waals surface area contributed by atoms with Crippen LogP contribution in [-0.2, 0) is 22.7 Å². The molecule has 0 bridgehead atoms. The van der Waals surface area contributed by atoms with Crippen molar-refractivity contribution in [2.45, 2.75) is 25.6 Å². The van der Waals surface area contributed by atoms with Gasteiger partial charge >= 0.3 is 0 Å². The number of nitrogens with one attached hydrogen (secondary N) is 2. The Morgan fingerprint density at radius 3 is 3.08 bits per heavy atom. The first-order valence-corrected chi connectivity index (χ1v) is 8.04. The van der Waals surface area contributed by atoms with Crippen molar-refractivity contribution in [2.24, 2.45) is 0 Å². The molecule has 8 heteroatoms.